The molecule has 0 saturated carbocycles. The first-order valence-electron chi connectivity index (χ1n) is 11.4. The van der Waals surface area contributed by atoms with Crippen LogP contribution in [0.2, 0.25) is 0 Å². The fourth-order valence-corrected chi connectivity index (χ4v) is 4.76. The van der Waals surface area contributed by atoms with Crippen LogP contribution in [0, 0.1) is 13.8 Å². The summed E-state index contributed by atoms with van der Waals surface area (Å²) in [6.07, 6.45) is 4.62. The first-order chi connectivity index (χ1) is 15.6. The molecule has 3 aromatic rings. The molecule has 1 aliphatic heterocycles. The molecule has 1 atom stereocenters. The lowest BCUT2D eigenvalue weighted by molar-refractivity contribution is 0.0498. The molecule has 0 amide bonds. The van der Waals surface area contributed by atoms with E-state index in [0.717, 1.165) is 50.6 Å². The van der Waals surface area contributed by atoms with Gasteiger partial charge in [-0.25, -0.2) is 4.68 Å². The number of ether oxygens (including phenoxy) is 1. The molecule has 1 unspecified atom stereocenters. The highest BCUT2D eigenvalue weighted by Crippen LogP contribution is 2.25. The van der Waals surface area contributed by atoms with Crippen LogP contribution in [-0.4, -0.2) is 64.1 Å². The number of aliphatic hydroxyl groups excluding tert-OH is 1. The Morgan fingerprint density at radius 2 is 1.97 bits per heavy atom. The van der Waals surface area contributed by atoms with Gasteiger partial charge in [0.1, 0.15) is 5.75 Å². The second-order valence-corrected chi connectivity index (χ2v) is 8.75. The van der Waals surface area contributed by atoms with E-state index in [0.29, 0.717) is 6.04 Å². The van der Waals surface area contributed by atoms with E-state index < -0.39 is 0 Å². The van der Waals surface area contributed by atoms with E-state index in [-0.39, 0.29) is 6.61 Å². The van der Waals surface area contributed by atoms with Gasteiger partial charge in [0.2, 0.25) is 0 Å². The molecule has 1 aliphatic rings. The molecule has 170 valence electrons. The molecule has 6 heteroatoms. The van der Waals surface area contributed by atoms with Crippen molar-refractivity contribution in [3.63, 3.8) is 0 Å². The summed E-state index contributed by atoms with van der Waals surface area (Å²) in [7, 11) is 1.71. The van der Waals surface area contributed by atoms with Crippen LogP contribution in [0.5, 0.6) is 5.75 Å². The van der Waals surface area contributed by atoms with E-state index in [1.807, 2.05) is 35.3 Å². The smallest absolute Gasteiger partial charge is 0.119 e. The van der Waals surface area contributed by atoms with Crippen LogP contribution in [0.1, 0.15) is 28.7 Å². The lowest BCUT2D eigenvalue weighted by Crippen LogP contribution is -2.52. The van der Waals surface area contributed by atoms with Crippen LogP contribution in [0.25, 0.3) is 5.69 Å². The Morgan fingerprint density at radius 3 is 2.72 bits per heavy atom. The maximum absolute atomic E-state index is 9.73. The zero-order valence-corrected chi connectivity index (χ0v) is 19.4. The maximum Gasteiger partial charge on any atom is 0.119 e. The van der Waals surface area contributed by atoms with Crippen LogP contribution in [-0.2, 0) is 13.1 Å². The van der Waals surface area contributed by atoms with Gasteiger partial charge >= 0.3 is 0 Å². The Hall–Kier alpha value is -2.67. The summed E-state index contributed by atoms with van der Waals surface area (Å²) in [6.45, 7) is 9.21. The number of rotatable bonds is 8. The number of nitrogens with zero attached hydrogens (tertiary/aromatic N) is 4. The van der Waals surface area contributed by atoms with Gasteiger partial charge in [-0.1, -0.05) is 18.2 Å². The van der Waals surface area contributed by atoms with E-state index in [1.54, 1.807) is 7.11 Å². The number of aryl methyl sites for hydroxylation is 2. The van der Waals surface area contributed by atoms with Crippen molar-refractivity contribution in [1.29, 1.82) is 0 Å². The Morgan fingerprint density at radius 1 is 1.09 bits per heavy atom. The average Bonchev–Trinajstić information content (AvgIpc) is 3.32. The molecule has 6 nitrogen and oxygen atoms in total. The van der Waals surface area contributed by atoms with E-state index in [1.165, 1.54) is 22.3 Å². The summed E-state index contributed by atoms with van der Waals surface area (Å²) in [6, 6.07) is 15.0. The van der Waals surface area contributed by atoms with Gasteiger partial charge in [0.25, 0.3) is 0 Å². The highest BCUT2D eigenvalue weighted by molar-refractivity contribution is 5.48. The lowest BCUT2D eigenvalue weighted by atomic mass is 10.0. The van der Waals surface area contributed by atoms with Gasteiger partial charge in [-0.2, -0.15) is 5.10 Å². The largest absolute Gasteiger partial charge is 0.497 e. The van der Waals surface area contributed by atoms with Gasteiger partial charge < -0.3 is 9.84 Å². The standard InChI is InChI=1S/C26H34N4O2/c1-20-14-21(2)25(26(15-20)30-10-5-9-27-30)19-28-11-12-29(23(18-28)8-13-31)17-22-6-4-7-24(16-22)32-3/h4-7,9-10,14-16,23,31H,8,11-13,17-19H2,1-3H3. The number of hydrogen-bond acceptors (Lipinski definition) is 5. The van der Waals surface area contributed by atoms with Crippen molar-refractivity contribution in [1.82, 2.24) is 19.6 Å². The first-order valence-corrected chi connectivity index (χ1v) is 11.4. The summed E-state index contributed by atoms with van der Waals surface area (Å²) in [4.78, 5) is 5.02. The third-order valence-electron chi connectivity index (χ3n) is 6.40. The van der Waals surface area contributed by atoms with Crippen LogP contribution < -0.4 is 4.74 Å². The second kappa shape index (κ2) is 10.3. The SMILES string of the molecule is COc1cccc(CN2CCN(Cc3c(C)cc(C)cc3-n3cccn3)CC2CCO)c1. The van der Waals surface area contributed by atoms with Crippen molar-refractivity contribution in [2.45, 2.75) is 39.4 Å². The summed E-state index contributed by atoms with van der Waals surface area (Å²) >= 11 is 0. The Balaban J connectivity index is 1.50. The molecule has 2 heterocycles. The summed E-state index contributed by atoms with van der Waals surface area (Å²) < 4.78 is 7.36. The van der Waals surface area contributed by atoms with Gasteiger partial charge in [0.05, 0.1) is 12.8 Å². The predicted molar refractivity (Wildman–Crippen MR) is 127 cm³/mol. The van der Waals surface area contributed by atoms with Crippen molar-refractivity contribution >= 4 is 0 Å². The molecule has 32 heavy (non-hydrogen) atoms. The Labute approximate surface area is 191 Å². The van der Waals surface area contributed by atoms with Crippen LogP contribution in [0.4, 0.5) is 0 Å². The van der Waals surface area contributed by atoms with Gasteiger partial charge in [-0.05, 0) is 66.8 Å². The van der Waals surface area contributed by atoms with E-state index >= 15 is 0 Å². The number of benzene rings is 2. The van der Waals surface area contributed by atoms with Crippen molar-refractivity contribution < 1.29 is 9.84 Å². The zero-order valence-electron chi connectivity index (χ0n) is 19.4. The average molecular weight is 435 g/mol. The number of methoxy groups -OCH3 is 1. The highest BCUT2D eigenvalue weighted by Gasteiger charge is 2.27. The Kier molecular flexibility index (Phi) is 7.25. The van der Waals surface area contributed by atoms with Gasteiger partial charge in [0, 0.05) is 57.8 Å². The molecule has 0 spiro atoms. The monoisotopic (exact) mass is 434 g/mol. The third-order valence-corrected chi connectivity index (χ3v) is 6.40. The minimum absolute atomic E-state index is 0.204. The van der Waals surface area contributed by atoms with Crippen molar-refractivity contribution in [2.24, 2.45) is 0 Å². The number of aliphatic hydroxyl groups is 1. The fourth-order valence-electron chi connectivity index (χ4n) is 4.76. The zero-order chi connectivity index (χ0) is 22.5. The number of aromatic nitrogens is 2. The third kappa shape index (κ3) is 5.21. The molecular weight excluding hydrogens is 400 g/mol. The van der Waals surface area contributed by atoms with E-state index in [4.69, 9.17) is 4.74 Å². The summed E-state index contributed by atoms with van der Waals surface area (Å²) in [5.74, 6) is 0.890. The minimum atomic E-state index is 0.204. The molecule has 0 bridgehead atoms. The topological polar surface area (TPSA) is 53.8 Å². The predicted octanol–water partition coefficient (Wildman–Crippen LogP) is 3.57. The van der Waals surface area contributed by atoms with E-state index in [2.05, 4.69) is 53.0 Å². The second-order valence-electron chi connectivity index (χ2n) is 8.75. The van der Waals surface area contributed by atoms with Gasteiger partial charge in [-0.3, -0.25) is 9.80 Å². The molecule has 2 aromatic carbocycles. The Bertz CT molecular complexity index is 1020. The normalized spacial score (nSPS) is 17.6. The molecule has 0 aliphatic carbocycles. The molecule has 1 fully saturated rings. The summed E-state index contributed by atoms with van der Waals surface area (Å²) in [5.41, 5.74) is 6.27. The van der Waals surface area contributed by atoms with Crippen molar-refractivity contribution in [2.75, 3.05) is 33.4 Å². The summed E-state index contributed by atoms with van der Waals surface area (Å²) in [5, 5.41) is 14.2. The maximum atomic E-state index is 9.73. The van der Waals surface area contributed by atoms with Crippen LogP contribution in [0.15, 0.2) is 54.9 Å². The first kappa shape index (κ1) is 22.5. The van der Waals surface area contributed by atoms with Crippen LogP contribution in [0.3, 0.4) is 0 Å². The molecular formula is C26H34N4O2. The van der Waals surface area contributed by atoms with Crippen LogP contribution >= 0.6 is 0 Å². The minimum Gasteiger partial charge on any atom is -0.497 e. The highest BCUT2D eigenvalue weighted by atomic mass is 16.5. The van der Waals surface area contributed by atoms with E-state index in [9.17, 15) is 5.11 Å². The van der Waals surface area contributed by atoms with Crippen molar-refractivity contribution in [3.8, 4) is 11.4 Å². The van der Waals surface area contributed by atoms with Gasteiger partial charge in [0.15, 0.2) is 0 Å². The lowest BCUT2D eigenvalue weighted by Gasteiger charge is -2.42. The molecule has 1 saturated heterocycles. The quantitative estimate of drug-likeness (QED) is 0.588. The molecule has 0 radical (unpaired) electrons. The number of piperazine rings is 1. The molecule has 1 aromatic heterocycles. The molecule has 4 rings (SSSR count). The van der Waals surface area contributed by atoms with Gasteiger partial charge in [-0.15, -0.1) is 0 Å². The number of hydrogen-bond donors (Lipinski definition) is 1. The fraction of sp³-hybridized carbons (Fsp3) is 0.423. The molecule has 1 N–H and O–H groups in total. The van der Waals surface area contributed by atoms with Crippen molar-refractivity contribution in [3.05, 3.63) is 77.1 Å².